The van der Waals surface area contributed by atoms with Crippen molar-refractivity contribution in [3.8, 4) is 11.4 Å². The molecular weight excluding hydrogens is 398 g/mol. The number of thiophene rings is 1. The fourth-order valence-corrected chi connectivity index (χ4v) is 3.84. The zero-order chi connectivity index (χ0) is 21.5. The molecule has 0 aliphatic rings. The van der Waals surface area contributed by atoms with Crippen molar-refractivity contribution in [3.63, 3.8) is 0 Å². The Kier molecular flexibility index (Phi) is 7.54. The number of aryl methyl sites for hydroxylation is 1. The summed E-state index contributed by atoms with van der Waals surface area (Å²) in [5, 5.41) is 7.48. The van der Waals surface area contributed by atoms with Gasteiger partial charge in [0.05, 0.1) is 6.61 Å². The molecule has 0 saturated heterocycles. The van der Waals surface area contributed by atoms with Gasteiger partial charge in [-0.25, -0.2) is 14.8 Å². The van der Waals surface area contributed by atoms with Gasteiger partial charge in [0, 0.05) is 34.5 Å². The molecule has 2 aromatic heterocycles. The molecule has 0 bridgehead atoms. The van der Waals surface area contributed by atoms with Crippen molar-refractivity contribution >= 4 is 28.8 Å². The highest BCUT2D eigenvalue weighted by molar-refractivity contribution is 7.08. The van der Waals surface area contributed by atoms with Gasteiger partial charge in [-0.05, 0) is 56.3 Å². The van der Waals surface area contributed by atoms with Crippen molar-refractivity contribution in [2.45, 2.75) is 40.2 Å². The van der Waals surface area contributed by atoms with Crippen molar-refractivity contribution < 1.29 is 14.3 Å². The molecule has 1 unspecified atom stereocenters. The van der Waals surface area contributed by atoms with Crippen LogP contribution in [-0.2, 0) is 20.7 Å². The van der Waals surface area contributed by atoms with Crippen molar-refractivity contribution in [1.82, 2.24) is 9.97 Å². The van der Waals surface area contributed by atoms with Crippen LogP contribution in [0.5, 0.6) is 0 Å². The van der Waals surface area contributed by atoms with Crippen LogP contribution in [0.1, 0.15) is 43.7 Å². The van der Waals surface area contributed by atoms with E-state index < -0.39 is 6.10 Å². The topological polar surface area (TPSA) is 73.3 Å². The first-order chi connectivity index (χ1) is 14.6. The maximum atomic E-state index is 12.2. The number of hydrogen-bond donors (Lipinski definition) is 1. The molecule has 0 fully saturated rings. The smallest absolute Gasteiger partial charge is 0.339 e. The summed E-state index contributed by atoms with van der Waals surface area (Å²) in [6.07, 6.45) is 0.104. The Morgan fingerprint density at radius 2 is 1.87 bits per heavy atom. The molecule has 3 aromatic rings. The van der Waals surface area contributed by atoms with Crippen LogP contribution in [0.4, 0.5) is 11.5 Å². The van der Waals surface area contributed by atoms with Crippen LogP contribution in [0.2, 0.25) is 0 Å². The summed E-state index contributed by atoms with van der Waals surface area (Å²) in [5.74, 6) is 1.13. The van der Waals surface area contributed by atoms with E-state index in [1.807, 2.05) is 54.9 Å². The fraction of sp³-hybridized carbons (Fsp3) is 0.348. The van der Waals surface area contributed by atoms with Crippen LogP contribution in [0.15, 0.2) is 41.1 Å². The number of carbonyl (C=O) groups excluding carboxylic acids is 1. The third kappa shape index (κ3) is 5.04. The third-order valence-electron chi connectivity index (χ3n) is 4.66. The van der Waals surface area contributed by atoms with E-state index in [1.165, 1.54) is 0 Å². The van der Waals surface area contributed by atoms with Gasteiger partial charge in [0.15, 0.2) is 11.9 Å². The van der Waals surface area contributed by atoms with Gasteiger partial charge in [-0.15, -0.1) is 0 Å². The molecule has 0 aliphatic carbocycles. The highest BCUT2D eigenvalue weighted by Crippen LogP contribution is 2.28. The fourth-order valence-electron chi connectivity index (χ4n) is 3.21. The van der Waals surface area contributed by atoms with Gasteiger partial charge < -0.3 is 14.8 Å². The minimum absolute atomic E-state index is 0.321. The number of anilines is 2. The van der Waals surface area contributed by atoms with Crippen LogP contribution in [0.3, 0.4) is 0 Å². The van der Waals surface area contributed by atoms with Crippen molar-refractivity contribution in [1.29, 1.82) is 0 Å². The normalized spacial score (nSPS) is 11.9. The maximum absolute atomic E-state index is 12.2. The third-order valence-corrected chi connectivity index (χ3v) is 5.34. The lowest BCUT2D eigenvalue weighted by Gasteiger charge is -2.17. The number of esters is 1. The zero-order valence-electron chi connectivity index (χ0n) is 17.8. The molecule has 0 aliphatic heterocycles. The van der Waals surface area contributed by atoms with Gasteiger partial charge in [0.2, 0.25) is 0 Å². The van der Waals surface area contributed by atoms with Crippen molar-refractivity contribution in [2.75, 3.05) is 18.5 Å². The molecular formula is C23H27N3O3S. The van der Waals surface area contributed by atoms with E-state index in [9.17, 15) is 4.79 Å². The standard InChI is InChI=1S/C23H27N3O3S/c1-5-19-15(4)24-21(17-12-13-30-14-17)26-22(19)25-18-10-8-16(9-11-18)20(28-6-2)23(27)29-7-3/h8-14,20H,5-7H2,1-4H3,(H,24,25,26). The first-order valence-corrected chi connectivity index (χ1v) is 11.1. The Hall–Kier alpha value is -2.77. The van der Waals surface area contributed by atoms with Gasteiger partial charge in [-0.3, -0.25) is 0 Å². The van der Waals surface area contributed by atoms with Gasteiger partial charge in [-0.2, -0.15) is 11.3 Å². The van der Waals surface area contributed by atoms with E-state index >= 15 is 0 Å². The van der Waals surface area contributed by atoms with E-state index in [1.54, 1.807) is 18.3 Å². The second-order valence-electron chi connectivity index (χ2n) is 6.66. The largest absolute Gasteiger partial charge is 0.464 e. The average molecular weight is 426 g/mol. The molecule has 1 N–H and O–H groups in total. The quantitative estimate of drug-likeness (QED) is 0.459. The molecule has 0 radical (unpaired) electrons. The molecule has 1 aromatic carbocycles. The van der Waals surface area contributed by atoms with E-state index in [0.29, 0.717) is 19.0 Å². The number of aromatic nitrogens is 2. The van der Waals surface area contributed by atoms with Crippen molar-refractivity contribution in [3.05, 3.63) is 57.9 Å². The second kappa shape index (κ2) is 10.3. The van der Waals surface area contributed by atoms with Crippen LogP contribution < -0.4 is 5.32 Å². The van der Waals surface area contributed by atoms with Crippen LogP contribution in [0.25, 0.3) is 11.4 Å². The molecule has 1 atom stereocenters. The number of benzene rings is 1. The summed E-state index contributed by atoms with van der Waals surface area (Å²) in [6.45, 7) is 8.49. The van der Waals surface area contributed by atoms with Gasteiger partial charge >= 0.3 is 5.97 Å². The molecule has 7 heteroatoms. The lowest BCUT2D eigenvalue weighted by molar-refractivity contribution is -0.157. The number of rotatable bonds is 9. The monoisotopic (exact) mass is 425 g/mol. The average Bonchev–Trinajstić information content (AvgIpc) is 3.28. The Balaban J connectivity index is 1.86. The second-order valence-corrected chi connectivity index (χ2v) is 7.44. The SMILES string of the molecule is CCOC(=O)C(OCC)c1ccc(Nc2nc(-c3ccsc3)nc(C)c2CC)cc1. The highest BCUT2D eigenvalue weighted by Gasteiger charge is 2.22. The molecule has 0 spiro atoms. The van der Waals surface area contributed by atoms with E-state index in [4.69, 9.17) is 14.5 Å². The molecule has 6 nitrogen and oxygen atoms in total. The van der Waals surface area contributed by atoms with E-state index in [2.05, 4.69) is 17.2 Å². The summed E-state index contributed by atoms with van der Waals surface area (Å²) >= 11 is 1.62. The predicted octanol–water partition coefficient (Wildman–Crippen LogP) is 5.46. The Morgan fingerprint density at radius 3 is 2.47 bits per heavy atom. The molecule has 2 heterocycles. The summed E-state index contributed by atoms with van der Waals surface area (Å²) < 4.78 is 10.7. The van der Waals surface area contributed by atoms with Crippen LogP contribution in [-0.4, -0.2) is 29.2 Å². The maximum Gasteiger partial charge on any atom is 0.339 e. The first kappa shape index (κ1) is 21.9. The summed E-state index contributed by atoms with van der Waals surface area (Å²) in [4.78, 5) is 21.6. The predicted molar refractivity (Wildman–Crippen MR) is 120 cm³/mol. The molecule has 0 saturated carbocycles. The van der Waals surface area contributed by atoms with Gasteiger partial charge in [0.1, 0.15) is 5.82 Å². The molecule has 158 valence electrons. The minimum Gasteiger partial charge on any atom is -0.464 e. The summed E-state index contributed by atoms with van der Waals surface area (Å²) in [7, 11) is 0. The number of nitrogens with zero attached hydrogens (tertiary/aromatic N) is 2. The van der Waals surface area contributed by atoms with Crippen LogP contribution >= 0.6 is 11.3 Å². The van der Waals surface area contributed by atoms with Gasteiger partial charge in [-0.1, -0.05) is 19.1 Å². The number of carbonyl (C=O) groups is 1. The van der Waals surface area contributed by atoms with Crippen LogP contribution in [0, 0.1) is 6.92 Å². The summed E-state index contributed by atoms with van der Waals surface area (Å²) in [5.41, 5.74) is 4.69. The summed E-state index contributed by atoms with van der Waals surface area (Å²) in [6, 6.07) is 9.61. The Morgan fingerprint density at radius 1 is 1.10 bits per heavy atom. The number of nitrogens with one attached hydrogen (secondary N) is 1. The van der Waals surface area contributed by atoms with Crippen molar-refractivity contribution in [2.24, 2.45) is 0 Å². The van der Waals surface area contributed by atoms with E-state index in [-0.39, 0.29) is 5.97 Å². The minimum atomic E-state index is -0.721. The lowest BCUT2D eigenvalue weighted by Crippen LogP contribution is -2.19. The van der Waals surface area contributed by atoms with E-state index in [0.717, 1.165) is 40.3 Å². The zero-order valence-corrected chi connectivity index (χ0v) is 18.6. The Labute approximate surface area is 181 Å². The highest BCUT2D eigenvalue weighted by atomic mass is 32.1. The molecule has 3 rings (SSSR count). The Bertz CT molecular complexity index is 972. The lowest BCUT2D eigenvalue weighted by atomic mass is 10.1. The number of hydrogen-bond acceptors (Lipinski definition) is 7. The van der Waals surface area contributed by atoms with Gasteiger partial charge in [0.25, 0.3) is 0 Å². The molecule has 30 heavy (non-hydrogen) atoms. The molecule has 0 amide bonds. The number of ether oxygens (including phenoxy) is 2. The first-order valence-electron chi connectivity index (χ1n) is 10.1.